The van der Waals surface area contributed by atoms with Gasteiger partial charge in [-0.2, -0.15) is 5.26 Å². The third-order valence-electron chi connectivity index (χ3n) is 4.10. The maximum atomic E-state index is 12.7. The molecule has 1 atom stereocenters. The number of aromatic nitrogens is 1. The Morgan fingerprint density at radius 2 is 2.24 bits per heavy atom. The number of amides is 1. The maximum absolute atomic E-state index is 12.7. The highest BCUT2D eigenvalue weighted by Gasteiger charge is 2.31. The van der Waals surface area contributed by atoms with Gasteiger partial charge < -0.3 is 9.88 Å². The van der Waals surface area contributed by atoms with E-state index >= 15 is 0 Å². The molecule has 0 saturated carbocycles. The van der Waals surface area contributed by atoms with Crippen LogP contribution in [0.4, 0.5) is 0 Å². The largest absolute Gasteiger partial charge is 0.356 e. The summed E-state index contributed by atoms with van der Waals surface area (Å²) in [6.45, 7) is 2.84. The highest BCUT2D eigenvalue weighted by molar-refractivity contribution is 5.93. The summed E-state index contributed by atoms with van der Waals surface area (Å²) in [7, 11) is 0. The molecule has 3 rings (SSSR count). The summed E-state index contributed by atoms with van der Waals surface area (Å²) in [6, 6.07) is 12.0. The van der Waals surface area contributed by atoms with Crippen LogP contribution in [0.2, 0.25) is 0 Å². The van der Waals surface area contributed by atoms with E-state index in [9.17, 15) is 4.79 Å². The molecule has 1 aromatic carbocycles. The van der Waals surface area contributed by atoms with Crippen molar-refractivity contribution in [2.24, 2.45) is 0 Å². The molecule has 0 radical (unpaired) electrons. The van der Waals surface area contributed by atoms with Crippen molar-refractivity contribution in [1.29, 1.82) is 5.26 Å². The van der Waals surface area contributed by atoms with Gasteiger partial charge in [-0.15, -0.1) is 0 Å². The number of rotatable bonds is 2. The molecule has 0 unspecified atom stereocenters. The number of likely N-dealkylation sites (tertiary alicyclic amines) is 1. The summed E-state index contributed by atoms with van der Waals surface area (Å²) in [5, 5.41) is 8.87. The van der Waals surface area contributed by atoms with E-state index in [2.05, 4.69) is 24.0 Å². The Bertz CT molecular complexity index is 711. The van der Waals surface area contributed by atoms with Crippen LogP contribution in [0, 0.1) is 18.3 Å². The van der Waals surface area contributed by atoms with Crippen LogP contribution in [-0.2, 0) is 0 Å². The predicted octanol–water partition coefficient (Wildman–Crippen LogP) is 3.17. The van der Waals surface area contributed by atoms with Crippen LogP contribution >= 0.6 is 0 Å². The Morgan fingerprint density at radius 1 is 1.43 bits per heavy atom. The number of aryl methyl sites for hydroxylation is 1. The summed E-state index contributed by atoms with van der Waals surface area (Å²) in [4.78, 5) is 17.5. The average Bonchev–Trinajstić information content (AvgIpc) is 3.16. The fourth-order valence-corrected chi connectivity index (χ4v) is 3.03. The Hall–Kier alpha value is -2.54. The molecule has 0 aliphatic carbocycles. The molecular weight excluding hydrogens is 262 g/mol. The third kappa shape index (κ3) is 2.43. The van der Waals surface area contributed by atoms with E-state index in [0.29, 0.717) is 11.3 Å². The van der Waals surface area contributed by atoms with Gasteiger partial charge in [-0.25, -0.2) is 0 Å². The number of nitrogens with zero attached hydrogens (tertiary/aromatic N) is 2. The van der Waals surface area contributed by atoms with Crippen molar-refractivity contribution >= 4 is 5.91 Å². The van der Waals surface area contributed by atoms with Crippen molar-refractivity contribution in [2.75, 3.05) is 6.54 Å². The summed E-state index contributed by atoms with van der Waals surface area (Å²) in [5.74, 6) is -0.0257. The second kappa shape index (κ2) is 5.45. The molecule has 0 bridgehead atoms. The Balaban J connectivity index is 1.89. The molecule has 1 fully saturated rings. The highest BCUT2D eigenvalue weighted by atomic mass is 16.2. The van der Waals surface area contributed by atoms with Crippen molar-refractivity contribution in [3.8, 4) is 6.07 Å². The van der Waals surface area contributed by atoms with Gasteiger partial charge in [-0.1, -0.05) is 24.3 Å². The molecule has 1 aliphatic rings. The zero-order chi connectivity index (χ0) is 14.8. The number of carbonyl (C=O) groups excluding carboxylic acids is 1. The van der Waals surface area contributed by atoms with Crippen molar-refractivity contribution < 1.29 is 4.79 Å². The van der Waals surface area contributed by atoms with Crippen LogP contribution in [0.3, 0.4) is 0 Å². The molecule has 4 heteroatoms. The van der Waals surface area contributed by atoms with Crippen molar-refractivity contribution in [3.05, 3.63) is 58.9 Å². The second-order valence-electron chi connectivity index (χ2n) is 5.43. The Labute approximate surface area is 124 Å². The lowest BCUT2D eigenvalue weighted by atomic mass is 9.99. The molecule has 4 nitrogen and oxygen atoms in total. The zero-order valence-corrected chi connectivity index (χ0v) is 12.0. The first-order valence-electron chi connectivity index (χ1n) is 7.15. The van der Waals surface area contributed by atoms with E-state index in [0.717, 1.165) is 19.4 Å². The molecule has 1 N–H and O–H groups in total. The predicted molar refractivity (Wildman–Crippen MR) is 79.7 cm³/mol. The third-order valence-corrected chi connectivity index (χ3v) is 4.10. The first-order chi connectivity index (χ1) is 10.2. The minimum atomic E-state index is -0.0257. The summed E-state index contributed by atoms with van der Waals surface area (Å²) in [6.07, 6.45) is 3.57. The molecule has 106 valence electrons. The number of aromatic amines is 1. The maximum Gasteiger partial charge on any atom is 0.270 e. The number of H-pyrrole nitrogens is 1. The molecule has 2 aromatic rings. The van der Waals surface area contributed by atoms with Gasteiger partial charge in [0.25, 0.3) is 5.91 Å². The van der Waals surface area contributed by atoms with Gasteiger partial charge in [0.15, 0.2) is 0 Å². The molecule has 1 amide bonds. The topological polar surface area (TPSA) is 59.9 Å². The monoisotopic (exact) mass is 279 g/mol. The van der Waals surface area contributed by atoms with Gasteiger partial charge in [-0.3, -0.25) is 4.79 Å². The Kier molecular flexibility index (Phi) is 3.49. The Morgan fingerprint density at radius 3 is 2.95 bits per heavy atom. The number of hydrogen-bond donors (Lipinski definition) is 1. The van der Waals surface area contributed by atoms with E-state index < -0.39 is 0 Å². The van der Waals surface area contributed by atoms with Crippen molar-refractivity contribution in [1.82, 2.24) is 9.88 Å². The lowest BCUT2D eigenvalue weighted by Crippen LogP contribution is -2.31. The molecule has 2 heterocycles. The molecule has 0 spiro atoms. The normalized spacial score (nSPS) is 17.7. The van der Waals surface area contributed by atoms with Gasteiger partial charge in [-0.05, 0) is 37.0 Å². The van der Waals surface area contributed by atoms with Gasteiger partial charge in [0.1, 0.15) is 11.8 Å². The summed E-state index contributed by atoms with van der Waals surface area (Å²) >= 11 is 0. The zero-order valence-electron chi connectivity index (χ0n) is 12.0. The van der Waals surface area contributed by atoms with Gasteiger partial charge in [0.05, 0.1) is 11.6 Å². The number of nitrogens with one attached hydrogen (secondary N) is 1. The highest BCUT2D eigenvalue weighted by Crippen LogP contribution is 2.34. The number of carbonyl (C=O) groups is 1. The van der Waals surface area contributed by atoms with Gasteiger partial charge in [0.2, 0.25) is 0 Å². The van der Waals surface area contributed by atoms with Gasteiger partial charge in [0, 0.05) is 12.7 Å². The number of nitriles is 1. The summed E-state index contributed by atoms with van der Waals surface area (Å²) < 4.78 is 0. The smallest absolute Gasteiger partial charge is 0.270 e. The summed E-state index contributed by atoms with van der Waals surface area (Å²) in [5.41, 5.74) is 3.42. The number of benzene rings is 1. The lowest BCUT2D eigenvalue weighted by Gasteiger charge is -2.25. The van der Waals surface area contributed by atoms with Crippen molar-refractivity contribution in [2.45, 2.75) is 25.8 Å². The molecule has 1 aliphatic heterocycles. The fourth-order valence-electron chi connectivity index (χ4n) is 3.03. The van der Waals surface area contributed by atoms with Crippen LogP contribution in [-0.4, -0.2) is 22.3 Å². The average molecular weight is 279 g/mol. The lowest BCUT2D eigenvalue weighted by molar-refractivity contribution is 0.0730. The standard InChI is InChI=1S/C17H17N3O/c1-12-5-2-3-6-14(12)16-7-4-8-20(16)17(21)15-9-13(10-18)11-19-15/h2-3,5-6,9,11,16,19H,4,7-8H2,1H3/t16-/m0/s1. The molecule has 1 aromatic heterocycles. The minimum absolute atomic E-state index is 0.0257. The van der Waals surface area contributed by atoms with Crippen LogP contribution in [0.15, 0.2) is 36.5 Å². The second-order valence-corrected chi connectivity index (χ2v) is 5.43. The van der Waals surface area contributed by atoms with Crippen LogP contribution in [0.5, 0.6) is 0 Å². The molecular formula is C17H17N3O. The molecule has 21 heavy (non-hydrogen) atoms. The first kappa shape index (κ1) is 13.4. The van der Waals surface area contributed by atoms with Crippen molar-refractivity contribution in [3.63, 3.8) is 0 Å². The number of hydrogen-bond acceptors (Lipinski definition) is 2. The quantitative estimate of drug-likeness (QED) is 0.917. The van der Waals surface area contributed by atoms with E-state index in [4.69, 9.17) is 5.26 Å². The van der Waals surface area contributed by atoms with Crippen LogP contribution in [0.1, 0.15) is 46.1 Å². The van der Waals surface area contributed by atoms with Crippen LogP contribution < -0.4 is 0 Å². The fraction of sp³-hybridized carbons (Fsp3) is 0.294. The van der Waals surface area contributed by atoms with E-state index in [1.807, 2.05) is 23.1 Å². The van der Waals surface area contributed by atoms with Crippen LogP contribution in [0.25, 0.3) is 0 Å². The SMILES string of the molecule is Cc1ccccc1[C@@H]1CCCN1C(=O)c1cc(C#N)c[nH]1. The minimum Gasteiger partial charge on any atom is -0.356 e. The van der Waals surface area contributed by atoms with E-state index in [-0.39, 0.29) is 11.9 Å². The van der Waals surface area contributed by atoms with Gasteiger partial charge >= 0.3 is 0 Å². The van der Waals surface area contributed by atoms with E-state index in [1.54, 1.807) is 12.3 Å². The van der Waals surface area contributed by atoms with E-state index in [1.165, 1.54) is 11.1 Å². The molecule has 1 saturated heterocycles. The first-order valence-corrected chi connectivity index (χ1v) is 7.15.